The van der Waals surface area contributed by atoms with Gasteiger partial charge in [0.05, 0.1) is 4.88 Å². The Labute approximate surface area is 73.8 Å². The summed E-state index contributed by atoms with van der Waals surface area (Å²) < 4.78 is 0. The normalized spacial score (nSPS) is 16.0. The maximum atomic E-state index is 10.5. The fraction of sp³-hybridized carbons (Fsp3) is 0.375. The van der Waals surface area contributed by atoms with Crippen LogP contribution in [0.1, 0.15) is 20.8 Å². The first-order valence-corrected chi connectivity index (χ1v) is 5.57. The highest BCUT2D eigenvalue weighted by Gasteiger charge is 2.14. The number of hydrogen-bond acceptors (Lipinski definition) is 3. The third-order valence-electron chi connectivity index (χ3n) is 1.87. The Morgan fingerprint density at radius 3 is 3.27 bits per heavy atom. The van der Waals surface area contributed by atoms with Crippen molar-refractivity contribution < 1.29 is 4.79 Å². The van der Waals surface area contributed by atoms with Crippen LogP contribution in [0.3, 0.4) is 0 Å². The maximum absolute atomic E-state index is 10.5. The molecule has 0 fully saturated rings. The van der Waals surface area contributed by atoms with E-state index in [0.717, 1.165) is 23.3 Å². The van der Waals surface area contributed by atoms with Gasteiger partial charge in [-0.05, 0) is 28.7 Å². The average molecular weight is 184 g/mol. The van der Waals surface area contributed by atoms with E-state index < -0.39 is 0 Å². The lowest BCUT2D eigenvalue weighted by atomic mass is 10.1. The zero-order chi connectivity index (χ0) is 7.68. The Morgan fingerprint density at radius 1 is 1.55 bits per heavy atom. The first-order chi connectivity index (χ1) is 5.42. The van der Waals surface area contributed by atoms with Gasteiger partial charge in [-0.25, -0.2) is 0 Å². The number of hydrogen-bond donors (Lipinski definition) is 0. The van der Waals surface area contributed by atoms with Crippen LogP contribution in [0.15, 0.2) is 5.38 Å². The molecule has 0 spiro atoms. The van der Waals surface area contributed by atoms with Gasteiger partial charge in [-0.15, -0.1) is 11.3 Å². The number of rotatable bonds is 1. The van der Waals surface area contributed by atoms with E-state index in [9.17, 15) is 4.79 Å². The summed E-state index contributed by atoms with van der Waals surface area (Å²) >= 11 is 3.54. The van der Waals surface area contributed by atoms with E-state index in [4.69, 9.17) is 0 Å². The predicted molar refractivity (Wildman–Crippen MR) is 49.6 cm³/mol. The van der Waals surface area contributed by atoms with Crippen LogP contribution in [-0.2, 0) is 12.2 Å². The van der Waals surface area contributed by atoms with Crippen molar-refractivity contribution in [2.75, 3.05) is 5.75 Å². The molecule has 0 unspecified atom stereocenters. The molecular weight excluding hydrogens is 176 g/mol. The molecule has 0 saturated carbocycles. The Balaban J connectivity index is 2.45. The van der Waals surface area contributed by atoms with Crippen LogP contribution in [0.5, 0.6) is 0 Å². The summed E-state index contributed by atoms with van der Waals surface area (Å²) in [5, 5.41) is 2.12. The maximum Gasteiger partial charge on any atom is 0.160 e. The smallest absolute Gasteiger partial charge is 0.160 e. The van der Waals surface area contributed by atoms with Gasteiger partial charge in [0.1, 0.15) is 0 Å². The van der Waals surface area contributed by atoms with Gasteiger partial charge in [-0.2, -0.15) is 11.8 Å². The van der Waals surface area contributed by atoms with Crippen molar-refractivity contribution >= 4 is 29.4 Å². The minimum atomic E-state index is 0.945. The summed E-state index contributed by atoms with van der Waals surface area (Å²) in [4.78, 5) is 11.5. The van der Waals surface area contributed by atoms with E-state index in [-0.39, 0.29) is 0 Å². The third kappa shape index (κ3) is 1.23. The van der Waals surface area contributed by atoms with Crippen molar-refractivity contribution in [1.29, 1.82) is 0 Å². The molecule has 2 heterocycles. The Hall–Kier alpha value is -0.280. The fourth-order valence-corrected chi connectivity index (χ4v) is 3.30. The largest absolute Gasteiger partial charge is 0.297 e. The molecule has 0 amide bonds. The van der Waals surface area contributed by atoms with Crippen molar-refractivity contribution in [1.82, 2.24) is 0 Å². The SMILES string of the molecule is O=Cc1scc2c1CCSC2. The number of fused-ring (bicyclic) bond motifs is 1. The van der Waals surface area contributed by atoms with Crippen LogP contribution >= 0.6 is 23.1 Å². The molecule has 0 saturated heterocycles. The molecule has 1 aliphatic heterocycles. The van der Waals surface area contributed by atoms with Crippen LogP contribution in [0, 0.1) is 0 Å². The highest BCUT2D eigenvalue weighted by Crippen LogP contribution is 2.30. The zero-order valence-corrected chi connectivity index (χ0v) is 7.63. The molecule has 0 aliphatic carbocycles. The van der Waals surface area contributed by atoms with Gasteiger partial charge in [0.25, 0.3) is 0 Å². The monoisotopic (exact) mass is 184 g/mol. The van der Waals surface area contributed by atoms with Crippen molar-refractivity contribution in [3.05, 3.63) is 21.4 Å². The van der Waals surface area contributed by atoms with Crippen molar-refractivity contribution in [3.63, 3.8) is 0 Å². The van der Waals surface area contributed by atoms with Gasteiger partial charge in [-0.3, -0.25) is 4.79 Å². The van der Waals surface area contributed by atoms with E-state index in [1.165, 1.54) is 16.9 Å². The number of carbonyl (C=O) groups is 1. The second-order valence-electron chi connectivity index (χ2n) is 2.52. The van der Waals surface area contributed by atoms with E-state index in [0.29, 0.717) is 0 Å². The third-order valence-corrected chi connectivity index (χ3v) is 3.88. The van der Waals surface area contributed by atoms with Crippen LogP contribution in [0.2, 0.25) is 0 Å². The van der Waals surface area contributed by atoms with Gasteiger partial charge in [0.2, 0.25) is 0 Å². The topological polar surface area (TPSA) is 17.1 Å². The molecule has 1 aromatic heterocycles. The van der Waals surface area contributed by atoms with Crippen LogP contribution in [0.25, 0.3) is 0 Å². The molecule has 1 aliphatic rings. The number of thiophene rings is 1. The zero-order valence-electron chi connectivity index (χ0n) is 6.00. The summed E-state index contributed by atoms with van der Waals surface area (Å²) in [5.41, 5.74) is 2.69. The molecule has 1 nitrogen and oxygen atoms in total. The molecule has 58 valence electrons. The van der Waals surface area contributed by atoms with Gasteiger partial charge >= 0.3 is 0 Å². The highest BCUT2D eigenvalue weighted by atomic mass is 32.2. The minimum Gasteiger partial charge on any atom is -0.297 e. The summed E-state index contributed by atoms with van der Waals surface area (Å²) in [5.74, 6) is 2.27. The van der Waals surface area contributed by atoms with Crippen molar-refractivity contribution in [3.8, 4) is 0 Å². The lowest BCUT2D eigenvalue weighted by molar-refractivity contribution is 0.112. The molecule has 11 heavy (non-hydrogen) atoms. The second-order valence-corrected chi connectivity index (χ2v) is 4.54. The molecule has 0 N–H and O–H groups in total. The molecule has 1 aromatic rings. The van der Waals surface area contributed by atoms with E-state index in [1.54, 1.807) is 11.3 Å². The average Bonchev–Trinajstić information content (AvgIpc) is 2.47. The Morgan fingerprint density at radius 2 is 2.45 bits per heavy atom. The number of carbonyl (C=O) groups excluding carboxylic acids is 1. The van der Waals surface area contributed by atoms with Gasteiger partial charge < -0.3 is 0 Å². The Kier molecular flexibility index (Phi) is 2.00. The minimum absolute atomic E-state index is 0.945. The fourth-order valence-electron chi connectivity index (χ4n) is 1.30. The van der Waals surface area contributed by atoms with Crippen LogP contribution in [0.4, 0.5) is 0 Å². The highest BCUT2D eigenvalue weighted by molar-refractivity contribution is 7.98. The molecule has 2 rings (SSSR count). The molecule has 0 aromatic carbocycles. The predicted octanol–water partition coefficient (Wildman–Crippen LogP) is 2.35. The first kappa shape index (κ1) is 7.37. The molecule has 3 heteroatoms. The van der Waals surface area contributed by atoms with Gasteiger partial charge in [0.15, 0.2) is 6.29 Å². The van der Waals surface area contributed by atoms with Gasteiger partial charge in [-0.1, -0.05) is 0 Å². The molecule has 0 atom stereocenters. The quantitative estimate of drug-likeness (QED) is 0.623. The van der Waals surface area contributed by atoms with Crippen LogP contribution in [-0.4, -0.2) is 12.0 Å². The summed E-state index contributed by atoms with van der Waals surface area (Å²) in [6.07, 6.45) is 2.07. The summed E-state index contributed by atoms with van der Waals surface area (Å²) in [7, 11) is 0. The Bertz CT molecular complexity index is 278. The van der Waals surface area contributed by atoms with Crippen LogP contribution < -0.4 is 0 Å². The standard InChI is InChI=1S/C8H8OS2/c9-3-8-7-1-2-10-4-6(7)5-11-8/h3,5H,1-2,4H2. The van der Waals surface area contributed by atoms with E-state index in [1.807, 2.05) is 11.8 Å². The number of aldehydes is 1. The molecule has 0 radical (unpaired) electrons. The molecule has 0 bridgehead atoms. The van der Waals surface area contributed by atoms with Gasteiger partial charge in [0, 0.05) is 5.75 Å². The van der Waals surface area contributed by atoms with Crippen molar-refractivity contribution in [2.45, 2.75) is 12.2 Å². The van der Waals surface area contributed by atoms with Crippen molar-refractivity contribution in [2.24, 2.45) is 0 Å². The summed E-state index contributed by atoms with van der Waals surface area (Å²) in [6, 6.07) is 0. The van der Waals surface area contributed by atoms with E-state index in [2.05, 4.69) is 5.38 Å². The second kappa shape index (κ2) is 2.99. The first-order valence-electron chi connectivity index (χ1n) is 3.54. The lowest BCUT2D eigenvalue weighted by Crippen LogP contribution is -2.00. The molecular formula is C8H8OS2. The number of thioether (sulfide) groups is 1. The lowest BCUT2D eigenvalue weighted by Gasteiger charge is -2.10. The van der Waals surface area contributed by atoms with E-state index >= 15 is 0 Å². The summed E-state index contributed by atoms with van der Waals surface area (Å²) in [6.45, 7) is 0.